The van der Waals surface area contributed by atoms with Crippen LogP contribution < -0.4 is 16.0 Å². The van der Waals surface area contributed by atoms with Gasteiger partial charge in [-0.05, 0) is 29.8 Å². The molecule has 0 fully saturated rings. The number of hydrogen-bond acceptors (Lipinski definition) is 3. The second kappa shape index (κ2) is 7.17. The quantitative estimate of drug-likeness (QED) is 0.598. The smallest absolute Gasteiger partial charge is 0.240 e. The lowest BCUT2D eigenvalue weighted by Gasteiger charge is -2.22. The first-order valence-electron chi connectivity index (χ1n) is 8.75. The maximum absolute atomic E-state index is 13.1. The second-order valence-electron chi connectivity index (χ2n) is 6.48. The average Bonchev–Trinajstić information content (AvgIpc) is 2.96. The minimum atomic E-state index is -0.221. The molecule has 2 aromatic carbocycles. The first kappa shape index (κ1) is 17.8. The highest BCUT2D eigenvalue weighted by molar-refractivity contribution is 9.10. The number of fused-ring (bicyclic) bond motifs is 5. The van der Waals surface area contributed by atoms with Crippen LogP contribution in [0.4, 0.5) is 5.69 Å². The van der Waals surface area contributed by atoms with Gasteiger partial charge in [-0.2, -0.15) is 0 Å². The van der Waals surface area contributed by atoms with Gasteiger partial charge in [0.1, 0.15) is 6.54 Å². The summed E-state index contributed by atoms with van der Waals surface area (Å²) in [5.74, 6) is -0.327. The molecule has 2 amide bonds. The van der Waals surface area contributed by atoms with Crippen LogP contribution in [-0.2, 0) is 16.0 Å². The molecule has 1 aliphatic rings. The maximum Gasteiger partial charge on any atom is 0.240 e. The number of benzene rings is 2. The number of anilines is 1. The summed E-state index contributed by atoms with van der Waals surface area (Å²) in [4.78, 5) is 30.3. The minimum Gasteiger partial charge on any atom is -0.354 e. The molecule has 0 saturated carbocycles. The summed E-state index contributed by atoms with van der Waals surface area (Å²) in [5.41, 5.74) is 9.96. The van der Waals surface area contributed by atoms with Gasteiger partial charge in [0.2, 0.25) is 11.8 Å². The fraction of sp³-hybridized carbons (Fsp3) is 0.200. The van der Waals surface area contributed by atoms with Crippen molar-refractivity contribution in [3.05, 3.63) is 52.5 Å². The van der Waals surface area contributed by atoms with Crippen molar-refractivity contribution in [2.24, 2.45) is 5.73 Å². The van der Waals surface area contributed by atoms with E-state index in [0.717, 1.165) is 37.9 Å². The van der Waals surface area contributed by atoms with Crippen LogP contribution in [-0.4, -0.2) is 36.4 Å². The van der Waals surface area contributed by atoms with Crippen LogP contribution >= 0.6 is 15.9 Å². The van der Waals surface area contributed by atoms with E-state index >= 15 is 0 Å². The van der Waals surface area contributed by atoms with Crippen molar-refractivity contribution in [3.63, 3.8) is 0 Å². The summed E-state index contributed by atoms with van der Waals surface area (Å²) in [6, 6.07) is 13.7. The van der Waals surface area contributed by atoms with Gasteiger partial charge in [0, 0.05) is 34.0 Å². The van der Waals surface area contributed by atoms with Gasteiger partial charge in [-0.3, -0.25) is 9.59 Å². The number of halogens is 1. The van der Waals surface area contributed by atoms with E-state index in [-0.39, 0.29) is 24.8 Å². The van der Waals surface area contributed by atoms with Crippen molar-refractivity contribution in [2.45, 2.75) is 6.42 Å². The Morgan fingerprint density at radius 1 is 1.26 bits per heavy atom. The summed E-state index contributed by atoms with van der Waals surface area (Å²) in [6.07, 6.45) is 0.227. The molecule has 7 heteroatoms. The van der Waals surface area contributed by atoms with Gasteiger partial charge in [0.05, 0.1) is 17.8 Å². The zero-order valence-corrected chi connectivity index (χ0v) is 16.2. The van der Waals surface area contributed by atoms with E-state index in [1.807, 2.05) is 42.5 Å². The lowest BCUT2D eigenvalue weighted by molar-refractivity contribution is -0.123. The SMILES string of the molecule is NCCNC(=O)CN1C(=O)Cc2c([nH]c3ccc(Br)cc23)-c2ccccc21. The molecule has 0 radical (unpaired) electrons. The number of carbonyl (C=O) groups is 2. The zero-order chi connectivity index (χ0) is 19.0. The van der Waals surface area contributed by atoms with Crippen molar-refractivity contribution in [2.75, 3.05) is 24.5 Å². The Labute approximate surface area is 164 Å². The normalized spacial score (nSPS) is 13.3. The fourth-order valence-corrected chi connectivity index (χ4v) is 3.88. The predicted octanol–water partition coefficient (Wildman–Crippen LogP) is 2.56. The number of H-pyrrole nitrogens is 1. The molecule has 0 unspecified atom stereocenters. The molecule has 4 N–H and O–H groups in total. The van der Waals surface area contributed by atoms with E-state index in [1.54, 1.807) is 4.90 Å². The Balaban J connectivity index is 1.82. The number of aromatic amines is 1. The summed E-state index contributed by atoms with van der Waals surface area (Å²) >= 11 is 3.51. The third-order valence-corrected chi connectivity index (χ3v) is 5.22. The zero-order valence-electron chi connectivity index (χ0n) is 14.6. The number of amides is 2. The lowest BCUT2D eigenvalue weighted by atomic mass is 10.0. The van der Waals surface area contributed by atoms with Crippen molar-refractivity contribution >= 4 is 44.3 Å². The number of aromatic nitrogens is 1. The third kappa shape index (κ3) is 3.24. The van der Waals surface area contributed by atoms with Crippen LogP contribution in [0.5, 0.6) is 0 Å². The molecule has 2 heterocycles. The highest BCUT2D eigenvalue weighted by Gasteiger charge is 2.29. The lowest BCUT2D eigenvalue weighted by Crippen LogP contribution is -2.42. The van der Waals surface area contributed by atoms with Crippen LogP contribution in [0.3, 0.4) is 0 Å². The Hall–Kier alpha value is -2.64. The Morgan fingerprint density at radius 3 is 2.89 bits per heavy atom. The Bertz CT molecular complexity index is 1040. The minimum absolute atomic E-state index is 0.0260. The van der Waals surface area contributed by atoms with Crippen LogP contribution in [0.1, 0.15) is 5.56 Å². The predicted molar refractivity (Wildman–Crippen MR) is 110 cm³/mol. The molecule has 1 aliphatic heterocycles. The number of para-hydroxylation sites is 1. The summed E-state index contributed by atoms with van der Waals surface area (Å²) in [5, 5.41) is 3.74. The maximum atomic E-state index is 13.1. The van der Waals surface area contributed by atoms with Crippen LogP contribution in [0.15, 0.2) is 46.9 Å². The van der Waals surface area contributed by atoms with Crippen LogP contribution in [0.2, 0.25) is 0 Å². The monoisotopic (exact) mass is 426 g/mol. The van der Waals surface area contributed by atoms with Gasteiger partial charge in [0.25, 0.3) is 0 Å². The van der Waals surface area contributed by atoms with Crippen molar-refractivity contribution < 1.29 is 9.59 Å². The number of carbonyl (C=O) groups excluding carboxylic acids is 2. The number of nitrogens with two attached hydrogens (primary N) is 1. The van der Waals surface area contributed by atoms with Gasteiger partial charge in [-0.1, -0.05) is 34.1 Å². The molecule has 6 nitrogen and oxygen atoms in total. The molecule has 27 heavy (non-hydrogen) atoms. The summed E-state index contributed by atoms with van der Waals surface area (Å²) in [6.45, 7) is 0.726. The fourth-order valence-electron chi connectivity index (χ4n) is 3.52. The Kier molecular flexibility index (Phi) is 4.72. The molecular weight excluding hydrogens is 408 g/mol. The molecular formula is C20H19BrN4O2. The van der Waals surface area contributed by atoms with Crippen molar-refractivity contribution in [1.29, 1.82) is 0 Å². The van der Waals surface area contributed by atoms with Gasteiger partial charge in [-0.25, -0.2) is 0 Å². The number of nitrogens with zero attached hydrogens (tertiary/aromatic N) is 1. The molecule has 3 aromatic rings. The van der Waals surface area contributed by atoms with Gasteiger partial charge in [0.15, 0.2) is 0 Å². The first-order chi connectivity index (χ1) is 13.1. The van der Waals surface area contributed by atoms with Crippen LogP contribution in [0.25, 0.3) is 22.2 Å². The standard InChI is InChI=1S/C20H19BrN4O2/c21-12-5-6-16-14(9-12)15-10-19(27)25(11-18(26)23-8-7-22)17-4-2-1-3-13(17)20(15)24-16/h1-6,9,24H,7-8,10-11,22H2,(H,23,26). The first-order valence-corrected chi connectivity index (χ1v) is 9.54. The van der Waals surface area contributed by atoms with E-state index in [1.165, 1.54) is 0 Å². The highest BCUT2D eigenvalue weighted by Crippen LogP contribution is 2.40. The summed E-state index contributed by atoms with van der Waals surface area (Å²) < 4.78 is 0.958. The van der Waals surface area contributed by atoms with Gasteiger partial charge in [-0.15, -0.1) is 0 Å². The van der Waals surface area contributed by atoms with E-state index in [9.17, 15) is 9.59 Å². The highest BCUT2D eigenvalue weighted by atomic mass is 79.9. The van der Waals surface area contributed by atoms with E-state index in [4.69, 9.17) is 5.73 Å². The second-order valence-corrected chi connectivity index (χ2v) is 7.40. The van der Waals surface area contributed by atoms with Gasteiger partial charge >= 0.3 is 0 Å². The van der Waals surface area contributed by atoms with Crippen LogP contribution in [0, 0.1) is 0 Å². The molecule has 0 saturated heterocycles. The van der Waals surface area contributed by atoms with E-state index in [2.05, 4.69) is 26.2 Å². The molecule has 0 aliphatic carbocycles. The molecule has 0 spiro atoms. The third-order valence-electron chi connectivity index (χ3n) is 4.73. The number of hydrogen-bond donors (Lipinski definition) is 3. The molecule has 0 bridgehead atoms. The molecule has 138 valence electrons. The number of rotatable bonds is 4. The molecule has 0 atom stereocenters. The topological polar surface area (TPSA) is 91.2 Å². The van der Waals surface area contributed by atoms with E-state index < -0.39 is 0 Å². The summed E-state index contributed by atoms with van der Waals surface area (Å²) in [7, 11) is 0. The Morgan fingerprint density at radius 2 is 2.07 bits per heavy atom. The molecule has 1 aromatic heterocycles. The largest absolute Gasteiger partial charge is 0.354 e. The molecule has 4 rings (SSSR count). The van der Waals surface area contributed by atoms with E-state index in [0.29, 0.717) is 13.1 Å². The van der Waals surface area contributed by atoms with Crippen molar-refractivity contribution in [3.8, 4) is 11.3 Å². The van der Waals surface area contributed by atoms with Gasteiger partial charge < -0.3 is 20.9 Å². The number of nitrogens with one attached hydrogen (secondary N) is 2. The average molecular weight is 427 g/mol. The van der Waals surface area contributed by atoms with Crippen molar-refractivity contribution in [1.82, 2.24) is 10.3 Å².